The predicted molar refractivity (Wildman–Crippen MR) is 262 cm³/mol. The molecule has 0 radical (unpaired) electrons. The highest BCUT2D eigenvalue weighted by Crippen LogP contribution is 2.53. The lowest BCUT2D eigenvalue weighted by molar-refractivity contribution is -0.384. The molecule has 0 spiro atoms. The van der Waals surface area contributed by atoms with Crippen molar-refractivity contribution in [2.75, 3.05) is 58.8 Å². The van der Waals surface area contributed by atoms with Crippen molar-refractivity contribution in [3.63, 3.8) is 0 Å². The number of esters is 1. The Hall–Kier alpha value is -3.12. The van der Waals surface area contributed by atoms with E-state index in [-0.39, 0.29) is 54.5 Å². The number of hydrogen-bond donors (Lipinski definition) is 6. The predicted octanol–water partition coefficient (Wildman–Crippen LogP) is 2.68. The maximum atomic E-state index is 14.5. The Morgan fingerprint density at radius 3 is 2.18 bits per heavy atom. The fraction of sp³-hybridized carbons (Fsp3) is 0.843. The minimum absolute atomic E-state index is 0.0211. The molecule has 0 bridgehead atoms. The van der Waals surface area contributed by atoms with Gasteiger partial charge in [0.2, 0.25) is 5.91 Å². The molecule has 4 aliphatic heterocycles. The summed E-state index contributed by atoms with van der Waals surface area (Å²) in [6.45, 7) is 19.9. The van der Waals surface area contributed by atoms with E-state index in [1.54, 1.807) is 60.6 Å². The Morgan fingerprint density at radius 1 is 0.958 bits per heavy atom. The minimum atomic E-state index is -1.85. The van der Waals surface area contributed by atoms with Gasteiger partial charge in [0.05, 0.1) is 46.5 Å². The standard InChI is InChI=1S/C51H85N5O15/c1-14-38-51(10,63)43(58)31(6)54(12)24-27(2)22-49(8,62)45(29(4)42(30(5)47(61)69-38)70-39-23-50(9,66-13)44(59)32(7)68-39)71-48-41(57)37(21-28(3)67-48)53(11)20-19-52-46(60)40-35-25-55(26-36(35)40)33-15-17-34(18-16-33)56(64)65/h15-18,27-32,35-45,48,57-59,62-63H,14,19-26H2,1-13H3,(H,52,60)/t27-,28-,29+,30-,31-,32+,35-,36+,37+,38-,39+,40?,41-,42+,43-,44+,45-,48+,49-,50-,51-/m1/s1. The summed E-state index contributed by atoms with van der Waals surface area (Å²) in [6, 6.07) is 5.41. The number of aliphatic hydroxyl groups is 5. The van der Waals surface area contributed by atoms with Gasteiger partial charge in [0, 0.05) is 88.0 Å². The average Bonchev–Trinajstić information content (AvgIpc) is 3.82. The molecule has 6 N–H and O–H groups in total. The molecule has 1 amide bonds. The number of carbonyl (C=O) groups is 2. The number of likely N-dealkylation sites (N-methyl/N-ethyl adjacent to an activating group) is 2. The van der Waals surface area contributed by atoms with E-state index < -0.39 is 113 Å². The van der Waals surface area contributed by atoms with E-state index in [2.05, 4.69) is 10.2 Å². The molecule has 4 saturated heterocycles. The summed E-state index contributed by atoms with van der Waals surface area (Å²) in [6.07, 6.45) is -9.38. The number of hydrogen-bond acceptors (Lipinski definition) is 18. The zero-order valence-corrected chi connectivity index (χ0v) is 44.2. The Bertz CT molecular complexity index is 1950. The number of nitrogens with zero attached hydrogens (tertiary/aromatic N) is 4. The minimum Gasteiger partial charge on any atom is -0.459 e. The van der Waals surface area contributed by atoms with Crippen LogP contribution >= 0.6 is 0 Å². The van der Waals surface area contributed by atoms with Crippen molar-refractivity contribution in [2.45, 2.75) is 185 Å². The number of nitro groups is 1. The third-order valence-electron chi connectivity index (χ3n) is 16.8. The number of non-ortho nitro benzene ring substituents is 1. The van der Waals surface area contributed by atoms with Crippen LogP contribution in [0.25, 0.3) is 0 Å². The van der Waals surface area contributed by atoms with Crippen LogP contribution in [0.3, 0.4) is 0 Å². The maximum absolute atomic E-state index is 14.5. The molecule has 20 nitrogen and oxygen atoms in total. The second-order valence-electron chi connectivity index (χ2n) is 22.5. The Kier molecular flexibility index (Phi) is 18.3. The van der Waals surface area contributed by atoms with E-state index in [1.165, 1.54) is 26.2 Å². The van der Waals surface area contributed by atoms with Crippen LogP contribution in [0.5, 0.6) is 0 Å². The first-order valence-corrected chi connectivity index (χ1v) is 25.7. The lowest BCUT2D eigenvalue weighted by Crippen LogP contribution is -2.61. The van der Waals surface area contributed by atoms with Crippen molar-refractivity contribution in [1.82, 2.24) is 15.1 Å². The number of nitrogens with one attached hydrogen (secondary N) is 1. The highest BCUT2D eigenvalue weighted by Gasteiger charge is 2.59. The van der Waals surface area contributed by atoms with E-state index in [0.29, 0.717) is 39.1 Å². The van der Waals surface area contributed by atoms with Crippen LogP contribution in [0, 0.1) is 45.6 Å². The van der Waals surface area contributed by atoms with Gasteiger partial charge in [0.1, 0.15) is 30.0 Å². The summed E-state index contributed by atoms with van der Waals surface area (Å²) in [4.78, 5) is 44.6. The van der Waals surface area contributed by atoms with Crippen molar-refractivity contribution < 1.29 is 68.5 Å². The Balaban J connectivity index is 1.21. The topological polar surface area (TPSA) is 256 Å². The number of aliphatic hydroxyl groups excluding tert-OH is 3. The molecule has 5 aliphatic rings. The summed E-state index contributed by atoms with van der Waals surface area (Å²) in [5, 5.41) is 73.8. The third-order valence-corrected chi connectivity index (χ3v) is 16.8. The van der Waals surface area contributed by atoms with Gasteiger partial charge in [0.15, 0.2) is 12.6 Å². The molecule has 5 fully saturated rings. The summed E-state index contributed by atoms with van der Waals surface area (Å²) in [7, 11) is 5.19. The SMILES string of the molecule is CC[C@H]1OC(=O)[C@H](C)[C@@H](O[C@H]2C[C@@](C)(OC)[C@@H](O)[C@H](C)O2)[C@H](C)[C@@H](O[C@@H]2O[C@H](C)C[C@H](N(C)CCNC(=O)C3[C@H]4CN(c5ccc([N+](=O)[O-])cc5)C[C@@H]34)[C@H]2O)[C@](C)(O)C[C@@H](C)CN(C)[C@H](C)[C@@H](O)[C@]1(C)O. The molecular formula is C51H85N5O15. The van der Waals surface area contributed by atoms with Crippen LogP contribution in [0.1, 0.15) is 94.9 Å². The Labute approximate surface area is 419 Å². The molecule has 404 valence electrons. The largest absolute Gasteiger partial charge is 0.459 e. The molecule has 1 aliphatic carbocycles. The fourth-order valence-corrected chi connectivity index (χ4v) is 12.2. The first-order chi connectivity index (χ1) is 33.1. The number of anilines is 1. The van der Waals surface area contributed by atoms with Crippen LogP contribution in [0.15, 0.2) is 24.3 Å². The number of nitro benzene ring substituents is 1. The van der Waals surface area contributed by atoms with Gasteiger partial charge in [0.25, 0.3) is 5.69 Å². The van der Waals surface area contributed by atoms with Gasteiger partial charge in [-0.25, -0.2) is 0 Å². The number of amides is 1. The Morgan fingerprint density at radius 2 is 1.59 bits per heavy atom. The molecular weight excluding hydrogens is 923 g/mol. The molecule has 4 heterocycles. The molecule has 0 aromatic heterocycles. The molecule has 6 rings (SSSR count). The van der Waals surface area contributed by atoms with Crippen LogP contribution < -0.4 is 10.2 Å². The highest BCUT2D eigenvalue weighted by atomic mass is 16.7. The molecule has 1 saturated carbocycles. The monoisotopic (exact) mass is 1010 g/mol. The first-order valence-electron chi connectivity index (χ1n) is 25.7. The smallest absolute Gasteiger partial charge is 0.311 e. The zero-order chi connectivity index (χ0) is 52.7. The molecule has 1 unspecified atom stereocenters. The molecule has 71 heavy (non-hydrogen) atoms. The van der Waals surface area contributed by atoms with Gasteiger partial charge in [-0.05, 0) is 112 Å². The van der Waals surface area contributed by atoms with E-state index in [0.717, 1.165) is 5.69 Å². The average molecular weight is 1010 g/mol. The summed E-state index contributed by atoms with van der Waals surface area (Å²) in [5.74, 6) is -2.58. The molecule has 20 heteroatoms. The number of ether oxygens (including phenoxy) is 6. The molecule has 1 aromatic carbocycles. The van der Waals surface area contributed by atoms with Crippen molar-refractivity contribution in [3.8, 4) is 0 Å². The zero-order valence-electron chi connectivity index (χ0n) is 44.2. The van der Waals surface area contributed by atoms with Gasteiger partial charge in [-0.3, -0.25) is 24.6 Å². The third kappa shape index (κ3) is 12.5. The number of benzene rings is 1. The number of fused-ring (bicyclic) bond motifs is 1. The van der Waals surface area contributed by atoms with Crippen LogP contribution in [0.4, 0.5) is 11.4 Å². The molecule has 21 atom stereocenters. The number of rotatable bonds is 13. The van der Waals surface area contributed by atoms with Gasteiger partial charge in [-0.1, -0.05) is 20.8 Å². The summed E-state index contributed by atoms with van der Waals surface area (Å²) in [5.41, 5.74) is -3.65. The highest BCUT2D eigenvalue weighted by molar-refractivity contribution is 5.83. The van der Waals surface area contributed by atoms with Crippen molar-refractivity contribution in [1.29, 1.82) is 0 Å². The number of carbonyl (C=O) groups excluding carboxylic acids is 2. The van der Waals surface area contributed by atoms with Crippen LogP contribution in [-0.2, 0) is 38.0 Å². The van der Waals surface area contributed by atoms with E-state index in [1.807, 2.05) is 37.7 Å². The van der Waals surface area contributed by atoms with E-state index in [4.69, 9.17) is 28.4 Å². The summed E-state index contributed by atoms with van der Waals surface area (Å²) < 4.78 is 38.2. The van der Waals surface area contributed by atoms with Gasteiger partial charge in [-0.15, -0.1) is 0 Å². The fourth-order valence-electron chi connectivity index (χ4n) is 12.2. The summed E-state index contributed by atoms with van der Waals surface area (Å²) >= 11 is 0. The van der Waals surface area contributed by atoms with Gasteiger partial charge >= 0.3 is 5.97 Å². The van der Waals surface area contributed by atoms with E-state index in [9.17, 15) is 45.2 Å². The molecule has 1 aromatic rings. The van der Waals surface area contributed by atoms with Crippen molar-refractivity contribution in [2.24, 2.45) is 35.5 Å². The number of cyclic esters (lactones) is 1. The maximum Gasteiger partial charge on any atom is 0.311 e. The van der Waals surface area contributed by atoms with E-state index >= 15 is 0 Å². The number of methoxy groups -OCH3 is 1. The van der Waals surface area contributed by atoms with Crippen molar-refractivity contribution in [3.05, 3.63) is 34.4 Å². The van der Waals surface area contributed by atoms with Gasteiger partial charge in [-0.2, -0.15) is 0 Å². The first kappa shape index (κ1) is 57.2. The second kappa shape index (κ2) is 22.8. The normalized spacial score (nSPS) is 44.0. The number of piperidine rings is 1. The lowest BCUT2D eigenvalue weighted by atomic mass is 9.77. The van der Waals surface area contributed by atoms with Crippen LogP contribution in [0.2, 0.25) is 0 Å². The lowest BCUT2D eigenvalue weighted by Gasteiger charge is -2.49. The van der Waals surface area contributed by atoms with Crippen molar-refractivity contribution >= 4 is 23.3 Å². The van der Waals surface area contributed by atoms with Crippen LogP contribution in [-0.4, -0.2) is 196 Å². The quantitative estimate of drug-likeness (QED) is 0.0944. The van der Waals surface area contributed by atoms with Gasteiger partial charge < -0.3 is 69.1 Å². The second-order valence-corrected chi connectivity index (χ2v) is 22.5.